The van der Waals surface area contributed by atoms with Crippen LogP contribution < -0.4 is 10.2 Å². The summed E-state index contributed by atoms with van der Waals surface area (Å²) in [7, 11) is 1.98. The lowest BCUT2D eigenvalue weighted by molar-refractivity contribution is -0.385. The first-order valence-corrected chi connectivity index (χ1v) is 6.27. The number of rotatable bonds is 4. The second-order valence-electron chi connectivity index (χ2n) is 4.90. The van der Waals surface area contributed by atoms with Gasteiger partial charge in [-0.05, 0) is 32.4 Å². The van der Waals surface area contributed by atoms with Gasteiger partial charge in [0.05, 0.1) is 4.92 Å². The van der Waals surface area contributed by atoms with Crippen molar-refractivity contribution in [2.45, 2.75) is 25.8 Å². The molecule has 1 unspecified atom stereocenters. The minimum absolute atomic E-state index is 0.193. The summed E-state index contributed by atoms with van der Waals surface area (Å²) < 4.78 is 0. The SMILES string of the molecule is Cc1ccc(N(C)CC2CCCN2)cc1[N+](=O)[O-]. The Bertz CT molecular complexity index is 442. The van der Waals surface area contributed by atoms with Crippen LogP contribution in [0.15, 0.2) is 18.2 Å². The molecule has 0 spiro atoms. The molecule has 1 atom stereocenters. The van der Waals surface area contributed by atoms with Crippen LogP contribution in [0.3, 0.4) is 0 Å². The first-order valence-electron chi connectivity index (χ1n) is 6.27. The third-order valence-electron chi connectivity index (χ3n) is 3.49. The monoisotopic (exact) mass is 249 g/mol. The summed E-state index contributed by atoms with van der Waals surface area (Å²) in [6.07, 6.45) is 2.39. The van der Waals surface area contributed by atoms with Crippen molar-refractivity contribution < 1.29 is 4.92 Å². The highest BCUT2D eigenvalue weighted by molar-refractivity contribution is 5.56. The largest absolute Gasteiger partial charge is 0.373 e. The van der Waals surface area contributed by atoms with Crippen LogP contribution in [0.5, 0.6) is 0 Å². The van der Waals surface area contributed by atoms with Crippen LogP contribution in [0.2, 0.25) is 0 Å². The molecule has 1 aliphatic rings. The second kappa shape index (κ2) is 5.35. The van der Waals surface area contributed by atoms with E-state index in [1.165, 1.54) is 12.8 Å². The van der Waals surface area contributed by atoms with Crippen LogP contribution in [0, 0.1) is 17.0 Å². The van der Waals surface area contributed by atoms with E-state index in [1.54, 1.807) is 13.0 Å². The van der Waals surface area contributed by atoms with Crippen molar-refractivity contribution in [3.05, 3.63) is 33.9 Å². The number of benzene rings is 1. The Kier molecular flexibility index (Phi) is 3.81. The Hall–Kier alpha value is -1.62. The molecule has 1 N–H and O–H groups in total. The van der Waals surface area contributed by atoms with E-state index in [0.717, 1.165) is 18.8 Å². The topological polar surface area (TPSA) is 58.4 Å². The van der Waals surface area contributed by atoms with Crippen LogP contribution in [-0.4, -0.2) is 31.1 Å². The van der Waals surface area contributed by atoms with Crippen LogP contribution in [0.1, 0.15) is 18.4 Å². The molecule has 1 aromatic carbocycles. The van der Waals surface area contributed by atoms with Gasteiger partial charge >= 0.3 is 0 Å². The van der Waals surface area contributed by atoms with E-state index < -0.39 is 0 Å². The Morgan fingerprint density at radius 3 is 2.94 bits per heavy atom. The number of nitro groups is 1. The Labute approximate surface area is 107 Å². The molecule has 5 nitrogen and oxygen atoms in total. The number of nitrogens with zero attached hydrogens (tertiary/aromatic N) is 2. The van der Waals surface area contributed by atoms with Gasteiger partial charge in [-0.15, -0.1) is 0 Å². The zero-order valence-corrected chi connectivity index (χ0v) is 10.8. The fourth-order valence-electron chi connectivity index (χ4n) is 2.38. The smallest absolute Gasteiger partial charge is 0.274 e. The van der Waals surface area contributed by atoms with E-state index >= 15 is 0 Å². The minimum atomic E-state index is -0.319. The van der Waals surface area contributed by atoms with Crippen molar-refractivity contribution in [2.75, 3.05) is 25.0 Å². The number of anilines is 1. The van der Waals surface area contributed by atoms with Crippen LogP contribution in [-0.2, 0) is 0 Å². The maximum atomic E-state index is 10.9. The lowest BCUT2D eigenvalue weighted by Gasteiger charge is -2.23. The van der Waals surface area contributed by atoms with E-state index in [9.17, 15) is 10.1 Å². The summed E-state index contributed by atoms with van der Waals surface area (Å²) >= 11 is 0. The predicted molar refractivity (Wildman–Crippen MR) is 72.1 cm³/mol. The summed E-state index contributed by atoms with van der Waals surface area (Å²) in [6, 6.07) is 5.91. The van der Waals surface area contributed by atoms with Crippen LogP contribution >= 0.6 is 0 Å². The van der Waals surface area contributed by atoms with E-state index in [1.807, 2.05) is 19.2 Å². The molecule has 0 amide bonds. The van der Waals surface area contributed by atoms with Crippen LogP contribution in [0.4, 0.5) is 11.4 Å². The van der Waals surface area contributed by atoms with Gasteiger partial charge in [0.1, 0.15) is 0 Å². The lowest BCUT2D eigenvalue weighted by Crippen LogP contribution is -2.35. The zero-order valence-electron chi connectivity index (χ0n) is 10.8. The number of hydrogen-bond donors (Lipinski definition) is 1. The molecule has 0 bridgehead atoms. The van der Waals surface area contributed by atoms with E-state index in [0.29, 0.717) is 11.6 Å². The van der Waals surface area contributed by atoms with Gasteiger partial charge in [0, 0.05) is 37.0 Å². The summed E-state index contributed by atoms with van der Waals surface area (Å²) in [5.74, 6) is 0. The highest BCUT2D eigenvalue weighted by Crippen LogP contribution is 2.24. The molecule has 1 aromatic rings. The van der Waals surface area contributed by atoms with E-state index in [2.05, 4.69) is 10.2 Å². The van der Waals surface area contributed by atoms with Crippen molar-refractivity contribution in [3.63, 3.8) is 0 Å². The molecule has 18 heavy (non-hydrogen) atoms. The number of hydrogen-bond acceptors (Lipinski definition) is 4. The van der Waals surface area contributed by atoms with Crippen molar-refractivity contribution in [1.82, 2.24) is 5.32 Å². The Balaban J connectivity index is 2.11. The maximum absolute atomic E-state index is 10.9. The quantitative estimate of drug-likeness (QED) is 0.655. The Morgan fingerprint density at radius 1 is 1.56 bits per heavy atom. The lowest BCUT2D eigenvalue weighted by atomic mass is 10.1. The fraction of sp³-hybridized carbons (Fsp3) is 0.538. The molecule has 1 fully saturated rings. The molecule has 1 heterocycles. The highest BCUT2D eigenvalue weighted by atomic mass is 16.6. The third kappa shape index (κ3) is 2.79. The van der Waals surface area contributed by atoms with E-state index in [4.69, 9.17) is 0 Å². The number of nitrogens with one attached hydrogen (secondary N) is 1. The fourth-order valence-corrected chi connectivity index (χ4v) is 2.38. The highest BCUT2D eigenvalue weighted by Gasteiger charge is 2.18. The maximum Gasteiger partial charge on any atom is 0.274 e. The summed E-state index contributed by atoms with van der Waals surface area (Å²) in [5, 5.41) is 14.3. The van der Waals surface area contributed by atoms with E-state index in [-0.39, 0.29) is 10.6 Å². The number of nitro benzene ring substituents is 1. The molecule has 0 saturated carbocycles. The number of aryl methyl sites for hydroxylation is 1. The standard InChI is InChI=1S/C13H19N3O2/c1-10-5-6-12(8-13(10)16(17)18)15(2)9-11-4-3-7-14-11/h5-6,8,11,14H,3-4,7,9H2,1-2H3. The number of likely N-dealkylation sites (N-methyl/N-ethyl adjacent to an activating group) is 1. The van der Waals surface area contributed by atoms with Crippen molar-refractivity contribution in [2.24, 2.45) is 0 Å². The molecule has 1 saturated heterocycles. The van der Waals surface area contributed by atoms with Gasteiger partial charge in [-0.1, -0.05) is 6.07 Å². The van der Waals surface area contributed by atoms with Gasteiger partial charge in [-0.3, -0.25) is 10.1 Å². The van der Waals surface area contributed by atoms with Gasteiger partial charge in [-0.25, -0.2) is 0 Å². The molecule has 2 rings (SSSR count). The molecule has 0 radical (unpaired) electrons. The molecule has 5 heteroatoms. The van der Waals surface area contributed by atoms with Gasteiger partial charge in [0.2, 0.25) is 0 Å². The van der Waals surface area contributed by atoms with Gasteiger partial charge < -0.3 is 10.2 Å². The van der Waals surface area contributed by atoms with Crippen molar-refractivity contribution >= 4 is 11.4 Å². The second-order valence-corrected chi connectivity index (χ2v) is 4.90. The molecule has 0 aromatic heterocycles. The predicted octanol–water partition coefficient (Wildman–Crippen LogP) is 2.09. The molecular formula is C13H19N3O2. The molecule has 1 aliphatic heterocycles. The summed E-state index contributed by atoms with van der Waals surface area (Å²) in [4.78, 5) is 12.7. The zero-order chi connectivity index (χ0) is 13.1. The normalized spacial score (nSPS) is 18.9. The Morgan fingerprint density at radius 2 is 2.33 bits per heavy atom. The van der Waals surface area contributed by atoms with Crippen molar-refractivity contribution in [3.8, 4) is 0 Å². The third-order valence-corrected chi connectivity index (χ3v) is 3.49. The van der Waals surface area contributed by atoms with Crippen LogP contribution in [0.25, 0.3) is 0 Å². The average molecular weight is 249 g/mol. The molecule has 0 aliphatic carbocycles. The average Bonchev–Trinajstić information content (AvgIpc) is 2.81. The molecule has 98 valence electrons. The van der Waals surface area contributed by atoms with Crippen molar-refractivity contribution in [1.29, 1.82) is 0 Å². The first-order chi connectivity index (χ1) is 8.58. The minimum Gasteiger partial charge on any atom is -0.373 e. The summed E-state index contributed by atoms with van der Waals surface area (Å²) in [6.45, 7) is 3.73. The van der Waals surface area contributed by atoms with Gasteiger partial charge in [-0.2, -0.15) is 0 Å². The van der Waals surface area contributed by atoms with Gasteiger partial charge in [0.15, 0.2) is 0 Å². The summed E-state index contributed by atoms with van der Waals surface area (Å²) in [5.41, 5.74) is 1.80. The first kappa shape index (κ1) is 12.8. The molecular weight excluding hydrogens is 230 g/mol. The van der Waals surface area contributed by atoms with Gasteiger partial charge in [0.25, 0.3) is 5.69 Å².